The second kappa shape index (κ2) is 10.1. The highest BCUT2D eigenvalue weighted by atomic mass is 16.5. The molecule has 30 heavy (non-hydrogen) atoms. The first-order valence-corrected chi connectivity index (χ1v) is 10.2. The second-order valence-electron chi connectivity index (χ2n) is 7.53. The zero-order chi connectivity index (χ0) is 21.5. The van der Waals surface area contributed by atoms with Crippen molar-refractivity contribution in [2.24, 2.45) is 5.92 Å². The third-order valence-electron chi connectivity index (χ3n) is 5.48. The number of likely N-dealkylation sites (tertiary alicyclic amines) is 1. The maximum absolute atomic E-state index is 13.1. The van der Waals surface area contributed by atoms with E-state index in [9.17, 15) is 9.59 Å². The Morgan fingerprint density at radius 3 is 2.73 bits per heavy atom. The van der Waals surface area contributed by atoms with E-state index in [0.717, 1.165) is 24.1 Å². The molecule has 2 amide bonds. The molecule has 1 N–H and O–H groups in total. The maximum Gasteiger partial charge on any atom is 0.227 e. The van der Waals surface area contributed by atoms with Crippen LogP contribution in [-0.4, -0.2) is 49.0 Å². The van der Waals surface area contributed by atoms with Crippen LogP contribution in [0.2, 0.25) is 0 Å². The van der Waals surface area contributed by atoms with Gasteiger partial charge in [-0.2, -0.15) is 0 Å². The molecule has 0 unspecified atom stereocenters. The van der Waals surface area contributed by atoms with E-state index < -0.39 is 0 Å². The van der Waals surface area contributed by atoms with Crippen LogP contribution in [-0.2, 0) is 16.0 Å². The Labute approximate surface area is 177 Å². The monoisotopic (exact) mass is 411 g/mol. The van der Waals surface area contributed by atoms with Crippen LogP contribution < -0.4 is 14.8 Å². The van der Waals surface area contributed by atoms with Crippen LogP contribution in [0.5, 0.6) is 11.5 Å². The molecule has 1 aromatic heterocycles. The van der Waals surface area contributed by atoms with Crippen LogP contribution in [0.3, 0.4) is 0 Å². The molecule has 7 nitrogen and oxygen atoms in total. The van der Waals surface area contributed by atoms with Gasteiger partial charge in [0.2, 0.25) is 11.8 Å². The Kier molecular flexibility index (Phi) is 7.27. The zero-order valence-electron chi connectivity index (χ0n) is 17.8. The molecule has 0 saturated carbocycles. The summed E-state index contributed by atoms with van der Waals surface area (Å²) in [4.78, 5) is 31.2. The number of carbonyl (C=O) groups excluding carboxylic acids is 2. The summed E-state index contributed by atoms with van der Waals surface area (Å²) < 4.78 is 10.7. The fourth-order valence-electron chi connectivity index (χ4n) is 4.02. The van der Waals surface area contributed by atoms with Gasteiger partial charge in [-0.25, -0.2) is 0 Å². The van der Waals surface area contributed by atoms with Crippen LogP contribution in [0, 0.1) is 5.92 Å². The lowest BCUT2D eigenvalue weighted by atomic mass is 9.88. The summed E-state index contributed by atoms with van der Waals surface area (Å²) in [6, 6.07) is 10.9. The minimum Gasteiger partial charge on any atom is -0.497 e. The van der Waals surface area contributed by atoms with Crippen molar-refractivity contribution in [3.05, 3.63) is 53.9 Å². The number of pyridine rings is 1. The van der Waals surface area contributed by atoms with Gasteiger partial charge < -0.3 is 19.7 Å². The molecule has 0 aliphatic carbocycles. The summed E-state index contributed by atoms with van der Waals surface area (Å²) in [6.45, 7) is 2.79. The standard InChI is InChI=1S/C23H29N3O4/c1-16(27)25-23(20-8-4-5-11-24-20)17-7-6-12-26(15-17)22(28)14-18-13-19(29-2)9-10-21(18)30-3/h4-5,8-11,13,17,23H,6-7,12,14-15H2,1-3H3,(H,25,27)/t17-,23+/m0/s1. The molecular formula is C23H29N3O4. The van der Waals surface area contributed by atoms with E-state index in [1.165, 1.54) is 6.92 Å². The minimum atomic E-state index is -0.217. The molecule has 1 aliphatic heterocycles. The zero-order valence-corrected chi connectivity index (χ0v) is 17.8. The minimum absolute atomic E-state index is 0.0360. The van der Waals surface area contributed by atoms with E-state index in [1.54, 1.807) is 20.4 Å². The van der Waals surface area contributed by atoms with Crippen molar-refractivity contribution in [2.45, 2.75) is 32.2 Å². The van der Waals surface area contributed by atoms with E-state index in [1.807, 2.05) is 41.3 Å². The fourth-order valence-corrected chi connectivity index (χ4v) is 4.02. The summed E-state index contributed by atoms with van der Waals surface area (Å²) in [5.74, 6) is 1.40. The first kappa shape index (κ1) is 21.6. The number of piperidine rings is 1. The maximum atomic E-state index is 13.1. The third kappa shape index (κ3) is 5.28. The number of amides is 2. The van der Waals surface area contributed by atoms with E-state index in [0.29, 0.717) is 24.6 Å². The van der Waals surface area contributed by atoms with Crippen LogP contribution in [0.1, 0.15) is 37.1 Å². The van der Waals surface area contributed by atoms with E-state index >= 15 is 0 Å². The summed E-state index contributed by atoms with van der Waals surface area (Å²) in [7, 11) is 3.19. The third-order valence-corrected chi connectivity index (χ3v) is 5.48. The number of methoxy groups -OCH3 is 2. The lowest BCUT2D eigenvalue weighted by Gasteiger charge is -2.37. The number of carbonyl (C=O) groups is 2. The molecular weight excluding hydrogens is 382 g/mol. The van der Waals surface area contributed by atoms with E-state index in [-0.39, 0.29) is 30.2 Å². The smallest absolute Gasteiger partial charge is 0.227 e. The van der Waals surface area contributed by atoms with Crippen molar-refractivity contribution in [2.75, 3.05) is 27.3 Å². The predicted octanol–water partition coefficient (Wildman–Crippen LogP) is 2.76. The SMILES string of the molecule is COc1ccc(OC)c(CC(=O)N2CCC[C@H]([C@@H](NC(C)=O)c3ccccn3)C2)c1. The molecule has 2 heterocycles. The van der Waals surface area contributed by atoms with E-state index in [4.69, 9.17) is 9.47 Å². The quantitative estimate of drug-likeness (QED) is 0.758. The van der Waals surface area contributed by atoms with Gasteiger partial charge in [-0.1, -0.05) is 6.07 Å². The Hall–Kier alpha value is -3.09. The molecule has 0 bridgehead atoms. The van der Waals surface area contributed by atoms with Gasteiger partial charge in [0.15, 0.2) is 0 Å². The number of ether oxygens (including phenoxy) is 2. The Balaban J connectivity index is 1.75. The van der Waals surface area contributed by atoms with Crippen molar-refractivity contribution >= 4 is 11.8 Å². The molecule has 1 fully saturated rings. The number of hydrogen-bond acceptors (Lipinski definition) is 5. The Morgan fingerprint density at radius 1 is 1.23 bits per heavy atom. The highest BCUT2D eigenvalue weighted by molar-refractivity contribution is 5.80. The molecule has 7 heteroatoms. The summed E-state index contributed by atoms with van der Waals surface area (Å²) in [5, 5.41) is 3.03. The number of hydrogen-bond donors (Lipinski definition) is 1. The van der Waals surface area contributed by atoms with Crippen molar-refractivity contribution in [1.29, 1.82) is 0 Å². The highest BCUT2D eigenvalue weighted by Gasteiger charge is 2.31. The fraction of sp³-hybridized carbons (Fsp3) is 0.435. The van der Waals surface area contributed by atoms with Gasteiger partial charge in [0.1, 0.15) is 11.5 Å². The van der Waals surface area contributed by atoms with Crippen molar-refractivity contribution in [3.63, 3.8) is 0 Å². The normalized spacial score (nSPS) is 17.2. The predicted molar refractivity (Wildman–Crippen MR) is 113 cm³/mol. The molecule has 0 spiro atoms. The Morgan fingerprint density at radius 2 is 2.07 bits per heavy atom. The largest absolute Gasteiger partial charge is 0.497 e. The number of nitrogens with zero attached hydrogens (tertiary/aromatic N) is 2. The molecule has 0 radical (unpaired) electrons. The number of rotatable bonds is 7. The summed E-state index contributed by atoms with van der Waals surface area (Å²) >= 11 is 0. The van der Waals surface area contributed by atoms with Gasteiger partial charge in [-0.05, 0) is 43.2 Å². The van der Waals surface area contributed by atoms with Crippen LogP contribution in [0.15, 0.2) is 42.6 Å². The Bertz CT molecular complexity index is 872. The molecule has 3 rings (SSSR count). The molecule has 1 aliphatic rings. The van der Waals surface area contributed by atoms with Gasteiger partial charge >= 0.3 is 0 Å². The van der Waals surface area contributed by atoms with Crippen molar-refractivity contribution in [1.82, 2.24) is 15.2 Å². The van der Waals surface area contributed by atoms with Crippen LogP contribution in [0.25, 0.3) is 0 Å². The van der Waals surface area contributed by atoms with Gasteiger partial charge in [-0.3, -0.25) is 14.6 Å². The van der Waals surface area contributed by atoms with E-state index in [2.05, 4.69) is 10.3 Å². The first-order chi connectivity index (χ1) is 14.5. The van der Waals surface area contributed by atoms with Gasteiger partial charge in [-0.15, -0.1) is 0 Å². The van der Waals surface area contributed by atoms with Crippen LogP contribution in [0.4, 0.5) is 0 Å². The second-order valence-corrected chi connectivity index (χ2v) is 7.53. The lowest BCUT2D eigenvalue weighted by Crippen LogP contribution is -2.45. The van der Waals surface area contributed by atoms with Gasteiger partial charge in [0.05, 0.1) is 32.4 Å². The summed E-state index contributed by atoms with van der Waals surface area (Å²) in [5.41, 5.74) is 1.62. The molecule has 160 valence electrons. The number of aromatic nitrogens is 1. The average Bonchev–Trinajstić information content (AvgIpc) is 2.78. The van der Waals surface area contributed by atoms with Crippen molar-refractivity contribution in [3.8, 4) is 11.5 Å². The highest BCUT2D eigenvalue weighted by Crippen LogP contribution is 2.30. The molecule has 1 aromatic carbocycles. The molecule has 2 aromatic rings. The topological polar surface area (TPSA) is 80.8 Å². The average molecular weight is 412 g/mol. The molecule has 2 atom stereocenters. The lowest BCUT2D eigenvalue weighted by molar-refractivity contribution is -0.132. The van der Waals surface area contributed by atoms with Crippen molar-refractivity contribution < 1.29 is 19.1 Å². The number of nitrogens with one attached hydrogen (secondary N) is 1. The number of benzene rings is 1. The van der Waals surface area contributed by atoms with Gasteiger partial charge in [0.25, 0.3) is 0 Å². The van der Waals surface area contributed by atoms with Crippen LogP contribution >= 0.6 is 0 Å². The summed E-state index contributed by atoms with van der Waals surface area (Å²) in [6.07, 6.45) is 3.77. The first-order valence-electron chi connectivity index (χ1n) is 10.2. The van der Waals surface area contributed by atoms with Gasteiger partial charge in [0, 0.05) is 37.7 Å². The molecule has 1 saturated heterocycles.